The molecule has 0 aliphatic carbocycles. The van der Waals surface area contributed by atoms with Gasteiger partial charge in [-0.3, -0.25) is 13.9 Å². The lowest BCUT2D eigenvalue weighted by Crippen LogP contribution is -2.50. The van der Waals surface area contributed by atoms with Crippen LogP contribution in [-0.4, -0.2) is 50.5 Å². The zero-order chi connectivity index (χ0) is 30.0. The summed E-state index contributed by atoms with van der Waals surface area (Å²) in [6.45, 7) is 6.76. The molecule has 0 saturated heterocycles. The lowest BCUT2D eigenvalue weighted by atomic mass is 10.0. The summed E-state index contributed by atoms with van der Waals surface area (Å²) in [5.74, 6) is -0.438. The molecule has 1 unspecified atom stereocenters. The second kappa shape index (κ2) is 15.0. The van der Waals surface area contributed by atoms with Gasteiger partial charge in [0.25, 0.3) is 0 Å². The minimum absolute atomic E-state index is 0.0802. The van der Waals surface area contributed by atoms with Gasteiger partial charge >= 0.3 is 0 Å². The number of rotatable bonds is 14. The highest BCUT2D eigenvalue weighted by atomic mass is 35.5. The smallest absolute Gasteiger partial charge is 0.243 e. The summed E-state index contributed by atoms with van der Waals surface area (Å²) in [5.41, 5.74) is 4.42. The number of aryl methyl sites for hydroxylation is 2. The van der Waals surface area contributed by atoms with Crippen LogP contribution >= 0.6 is 11.6 Å². The second-order valence-electron chi connectivity index (χ2n) is 10.4. The van der Waals surface area contributed by atoms with E-state index in [9.17, 15) is 18.0 Å². The Labute approximate surface area is 249 Å². The summed E-state index contributed by atoms with van der Waals surface area (Å²) in [6, 6.07) is 21.6. The molecule has 0 bridgehead atoms. The molecule has 0 saturated carbocycles. The van der Waals surface area contributed by atoms with Crippen LogP contribution in [0.5, 0.6) is 0 Å². The molecule has 3 aromatic carbocycles. The molecule has 0 heterocycles. The van der Waals surface area contributed by atoms with Crippen LogP contribution in [0.4, 0.5) is 5.69 Å². The van der Waals surface area contributed by atoms with Gasteiger partial charge in [-0.25, -0.2) is 8.42 Å². The number of nitrogens with one attached hydrogen (secondary N) is 1. The maximum absolute atomic E-state index is 13.8. The van der Waals surface area contributed by atoms with E-state index in [1.165, 1.54) is 10.6 Å². The second-order valence-corrected chi connectivity index (χ2v) is 12.7. The zero-order valence-electron chi connectivity index (χ0n) is 24.3. The summed E-state index contributed by atoms with van der Waals surface area (Å²) < 4.78 is 26.7. The van der Waals surface area contributed by atoms with Crippen molar-refractivity contribution in [3.63, 3.8) is 0 Å². The molecule has 220 valence electrons. The Balaban J connectivity index is 1.87. The van der Waals surface area contributed by atoms with Crippen molar-refractivity contribution in [3.8, 4) is 0 Å². The molecule has 3 aromatic rings. The van der Waals surface area contributed by atoms with Gasteiger partial charge in [-0.15, -0.1) is 0 Å². The molecule has 0 aromatic heterocycles. The van der Waals surface area contributed by atoms with Crippen molar-refractivity contribution in [2.24, 2.45) is 0 Å². The number of anilines is 1. The highest BCUT2D eigenvalue weighted by molar-refractivity contribution is 7.92. The number of hydrogen-bond acceptors (Lipinski definition) is 4. The molecule has 0 aliphatic heterocycles. The van der Waals surface area contributed by atoms with Gasteiger partial charge in [0.1, 0.15) is 6.04 Å². The van der Waals surface area contributed by atoms with Crippen molar-refractivity contribution in [2.75, 3.05) is 23.7 Å². The largest absolute Gasteiger partial charge is 0.354 e. The van der Waals surface area contributed by atoms with Crippen molar-refractivity contribution in [1.82, 2.24) is 10.2 Å². The number of sulfonamides is 1. The minimum atomic E-state index is -3.57. The molecule has 0 aliphatic rings. The van der Waals surface area contributed by atoms with E-state index in [2.05, 4.69) is 5.32 Å². The number of hydrogen-bond donors (Lipinski definition) is 1. The van der Waals surface area contributed by atoms with Crippen molar-refractivity contribution >= 4 is 39.1 Å². The SMILES string of the molecule is CCCNC(=O)C(Cc1ccccc1)N(Cc1ccc(Cl)cc1)C(=O)CCCN(c1ccc(C)c(C)c1)S(C)(=O)=O. The third-order valence-corrected chi connectivity index (χ3v) is 8.46. The molecule has 2 amide bonds. The van der Waals surface area contributed by atoms with Crippen molar-refractivity contribution < 1.29 is 18.0 Å². The maximum Gasteiger partial charge on any atom is 0.243 e. The molecule has 0 radical (unpaired) electrons. The molecule has 9 heteroatoms. The predicted molar refractivity (Wildman–Crippen MR) is 167 cm³/mol. The highest BCUT2D eigenvalue weighted by Crippen LogP contribution is 2.23. The van der Waals surface area contributed by atoms with E-state index >= 15 is 0 Å². The Morgan fingerprint density at radius 1 is 0.927 bits per heavy atom. The molecule has 1 atom stereocenters. The van der Waals surface area contributed by atoms with Gasteiger partial charge in [-0.05, 0) is 73.2 Å². The van der Waals surface area contributed by atoms with Gasteiger partial charge in [-0.1, -0.05) is 67.1 Å². The fourth-order valence-electron chi connectivity index (χ4n) is 4.59. The molecule has 1 N–H and O–H groups in total. The van der Waals surface area contributed by atoms with Gasteiger partial charge in [-0.2, -0.15) is 0 Å². The number of halogens is 1. The number of nitrogens with zero attached hydrogens (tertiary/aromatic N) is 2. The van der Waals surface area contributed by atoms with E-state index in [4.69, 9.17) is 11.6 Å². The lowest BCUT2D eigenvalue weighted by Gasteiger charge is -2.32. The molecule has 0 spiro atoms. The minimum Gasteiger partial charge on any atom is -0.354 e. The van der Waals surface area contributed by atoms with Crippen LogP contribution in [0, 0.1) is 13.8 Å². The van der Waals surface area contributed by atoms with Crippen LogP contribution in [0.15, 0.2) is 72.8 Å². The van der Waals surface area contributed by atoms with Crippen LogP contribution in [0.1, 0.15) is 48.4 Å². The average molecular weight is 598 g/mol. The fraction of sp³-hybridized carbons (Fsp3) is 0.375. The highest BCUT2D eigenvalue weighted by Gasteiger charge is 2.30. The van der Waals surface area contributed by atoms with Crippen molar-refractivity contribution in [3.05, 3.63) is 100 Å². The van der Waals surface area contributed by atoms with E-state index in [0.717, 1.165) is 28.7 Å². The standard InChI is InChI=1S/C32H40ClN3O4S/c1-5-19-34-32(38)30(22-26-10-7-6-8-11-26)35(23-27-14-16-28(33)17-15-27)31(37)12-9-20-36(41(4,39)40)29-18-13-24(2)25(3)21-29/h6-8,10-11,13-18,21,30H,5,9,12,19-20,22-23H2,1-4H3,(H,34,38). The first kappa shape index (κ1) is 32.2. The Kier molecular flexibility index (Phi) is 11.8. The van der Waals surface area contributed by atoms with E-state index in [0.29, 0.717) is 30.1 Å². The van der Waals surface area contributed by atoms with E-state index < -0.39 is 16.1 Å². The van der Waals surface area contributed by atoms with Crippen LogP contribution in [0.3, 0.4) is 0 Å². The van der Waals surface area contributed by atoms with Gasteiger partial charge in [0.2, 0.25) is 21.8 Å². The van der Waals surface area contributed by atoms with Gasteiger partial charge in [0.15, 0.2) is 0 Å². The third-order valence-electron chi connectivity index (χ3n) is 7.02. The molecule has 0 fully saturated rings. The number of amides is 2. The first-order chi connectivity index (χ1) is 19.5. The van der Waals surface area contributed by atoms with Gasteiger partial charge < -0.3 is 10.2 Å². The summed E-state index contributed by atoms with van der Waals surface area (Å²) >= 11 is 6.09. The Morgan fingerprint density at radius 3 is 2.22 bits per heavy atom. The topological polar surface area (TPSA) is 86.8 Å². The number of carbonyl (C=O) groups excluding carboxylic acids is 2. The normalized spacial score (nSPS) is 12.0. The zero-order valence-corrected chi connectivity index (χ0v) is 25.8. The fourth-order valence-corrected chi connectivity index (χ4v) is 5.67. The van der Waals surface area contributed by atoms with E-state index in [1.54, 1.807) is 23.1 Å². The lowest BCUT2D eigenvalue weighted by molar-refractivity contribution is -0.141. The first-order valence-corrected chi connectivity index (χ1v) is 16.1. The summed E-state index contributed by atoms with van der Waals surface area (Å²) in [5, 5.41) is 3.55. The van der Waals surface area contributed by atoms with E-state index in [-0.39, 0.29) is 31.3 Å². The maximum atomic E-state index is 13.8. The molecular weight excluding hydrogens is 558 g/mol. The van der Waals surface area contributed by atoms with Crippen LogP contribution < -0.4 is 9.62 Å². The number of carbonyl (C=O) groups is 2. The predicted octanol–water partition coefficient (Wildman–Crippen LogP) is 5.67. The summed E-state index contributed by atoms with van der Waals surface area (Å²) in [4.78, 5) is 28.9. The van der Waals surface area contributed by atoms with Crippen molar-refractivity contribution in [2.45, 2.75) is 59.0 Å². The van der Waals surface area contributed by atoms with Gasteiger partial charge in [0.05, 0.1) is 11.9 Å². The first-order valence-electron chi connectivity index (χ1n) is 13.9. The molecule has 7 nitrogen and oxygen atoms in total. The van der Waals surface area contributed by atoms with Gasteiger partial charge in [0, 0.05) is 37.5 Å². The Hall–Kier alpha value is -3.36. The molecular formula is C32H40ClN3O4S. The van der Waals surface area contributed by atoms with E-state index in [1.807, 2.05) is 75.4 Å². The van der Waals surface area contributed by atoms with Crippen LogP contribution in [-0.2, 0) is 32.6 Å². The molecule has 41 heavy (non-hydrogen) atoms. The van der Waals surface area contributed by atoms with Crippen LogP contribution in [0.25, 0.3) is 0 Å². The monoisotopic (exact) mass is 597 g/mol. The summed E-state index contributed by atoms with van der Waals surface area (Å²) in [6.07, 6.45) is 2.68. The Bertz CT molecular complexity index is 1410. The molecule has 3 rings (SSSR count). The third kappa shape index (κ3) is 9.61. The Morgan fingerprint density at radius 2 is 1.61 bits per heavy atom. The number of benzene rings is 3. The van der Waals surface area contributed by atoms with Crippen LogP contribution in [0.2, 0.25) is 5.02 Å². The van der Waals surface area contributed by atoms with Crippen molar-refractivity contribution in [1.29, 1.82) is 0 Å². The average Bonchev–Trinajstić information content (AvgIpc) is 2.94. The quantitative estimate of drug-likeness (QED) is 0.259. The summed E-state index contributed by atoms with van der Waals surface area (Å²) in [7, 11) is -3.57.